The first-order valence-corrected chi connectivity index (χ1v) is 60.8. The molecule has 2 heteroatoms. The van der Waals surface area contributed by atoms with E-state index in [1.54, 1.807) is 0 Å². The van der Waals surface area contributed by atoms with E-state index < -0.39 is 10.8 Å². The number of carboxylic acid groups (broad SMARTS) is 1. The predicted octanol–water partition coefficient (Wildman–Crippen LogP) is 46.4. The molecule has 0 aliphatic carbocycles. The molecule has 0 saturated heterocycles. The van der Waals surface area contributed by atoms with Crippen molar-refractivity contribution in [1.29, 1.82) is 0 Å². The van der Waals surface area contributed by atoms with E-state index in [4.69, 9.17) is 0 Å². The van der Waals surface area contributed by atoms with Gasteiger partial charge in [-0.3, -0.25) is 4.79 Å². The van der Waals surface area contributed by atoms with Crippen LogP contribution in [-0.4, -0.2) is 11.1 Å². The van der Waals surface area contributed by atoms with E-state index in [-0.39, 0.29) is 38.5 Å². The topological polar surface area (TPSA) is 37.3 Å². The van der Waals surface area contributed by atoms with Crippen LogP contribution in [0.15, 0.2) is 0 Å². The Balaban J connectivity index is 12.7. The van der Waals surface area contributed by atoms with Gasteiger partial charge in [0.2, 0.25) is 0 Å². The van der Waals surface area contributed by atoms with Crippen LogP contribution in [0, 0.1) is 48.7 Å². The molecule has 1 atom stereocenters. The number of rotatable bonds is 104. The van der Waals surface area contributed by atoms with E-state index in [2.05, 4.69) is 132 Å². The Bertz CT molecular complexity index is 2120. The van der Waals surface area contributed by atoms with Crippen LogP contribution in [0.2, 0.25) is 0 Å². The van der Waals surface area contributed by atoms with Gasteiger partial charge in [0.1, 0.15) is 0 Å². The smallest absolute Gasteiger partial charge is 0.310 e. The average molecular weight is 1770 g/mol. The first kappa shape index (κ1) is 125. The maximum absolute atomic E-state index is 17.9. The molecular formula is C124H248O2. The van der Waals surface area contributed by atoms with Gasteiger partial charge in [0.25, 0.3) is 0 Å². The normalized spacial score (nSPS) is 13.5. The molecule has 0 bridgehead atoms. The van der Waals surface area contributed by atoms with Crippen molar-refractivity contribution in [2.45, 2.75) is 742 Å². The lowest BCUT2D eigenvalue weighted by Gasteiger charge is -2.77. The maximum Gasteiger partial charge on any atom is 0.310 e. The fraction of sp³-hybridized carbons (Fsp3) is 0.992. The van der Waals surface area contributed by atoms with Crippen LogP contribution in [0.3, 0.4) is 0 Å². The zero-order valence-electron chi connectivity index (χ0n) is 92.0. The van der Waals surface area contributed by atoms with Crippen LogP contribution in [0.1, 0.15) is 742 Å². The second-order valence-electron chi connectivity index (χ2n) is 44.8. The Hall–Kier alpha value is -0.530. The number of aliphatic carboxylic acids is 1. The van der Waals surface area contributed by atoms with Gasteiger partial charge in [0.05, 0.1) is 5.41 Å². The molecule has 0 rings (SSSR count). The molecule has 0 saturated carbocycles. The molecule has 0 aromatic rings. The van der Waals surface area contributed by atoms with Crippen molar-refractivity contribution >= 4 is 5.97 Å². The molecule has 2 nitrogen and oxygen atoms in total. The number of hydrogen-bond donors (Lipinski definition) is 1. The average Bonchev–Trinajstić information content (AvgIpc) is 0.658. The van der Waals surface area contributed by atoms with Crippen LogP contribution in [0.5, 0.6) is 0 Å². The third kappa shape index (κ3) is 43.4. The third-order valence-corrected chi connectivity index (χ3v) is 35.9. The molecule has 0 fully saturated rings. The largest absolute Gasteiger partial charge is 0.481 e. The van der Waals surface area contributed by atoms with Crippen molar-refractivity contribution in [1.82, 2.24) is 0 Å². The van der Waals surface area contributed by atoms with Gasteiger partial charge in [0.15, 0.2) is 0 Å². The Morgan fingerprint density at radius 1 is 0.135 bits per heavy atom. The van der Waals surface area contributed by atoms with Crippen LogP contribution in [-0.2, 0) is 4.79 Å². The van der Waals surface area contributed by atoms with Crippen molar-refractivity contribution < 1.29 is 9.90 Å². The monoisotopic (exact) mass is 1770 g/mol. The molecule has 0 aromatic heterocycles. The van der Waals surface area contributed by atoms with E-state index in [1.807, 2.05) is 0 Å². The summed E-state index contributed by atoms with van der Waals surface area (Å²) >= 11 is 0. The van der Waals surface area contributed by atoms with Gasteiger partial charge in [-0.05, 0) is 178 Å². The molecule has 126 heavy (non-hydrogen) atoms. The van der Waals surface area contributed by atoms with Crippen molar-refractivity contribution in [3.05, 3.63) is 0 Å². The molecule has 1 N–H and O–H groups in total. The molecule has 0 heterocycles. The summed E-state index contributed by atoms with van der Waals surface area (Å²) in [6.07, 6.45) is 127. The SMILES string of the molecule is CCCCCCC(CCCCCC)(CCCCCC)C(CCCCCC)(CCCCCC)CCCCC(CC)(C(=O)O)C(CCCCCC)(CCCCCC)C(CCCCCC)(CCCCCC)C(CCCCCC)(CCCCCC)C(CCCCCC)(CCCCCC)C(CCCCCC)(CCCCCC)C(CCCCCC)(CCCCCC)CCCCCC. The molecule has 0 aliphatic heterocycles. The zero-order valence-corrected chi connectivity index (χ0v) is 92.0. The van der Waals surface area contributed by atoms with Crippen LogP contribution >= 0.6 is 0 Å². The van der Waals surface area contributed by atoms with Gasteiger partial charge in [-0.25, -0.2) is 0 Å². The van der Waals surface area contributed by atoms with E-state index in [1.165, 1.54) is 578 Å². The fourth-order valence-corrected chi connectivity index (χ4v) is 29.0. The molecular weight excluding hydrogens is 1520 g/mol. The minimum Gasteiger partial charge on any atom is -0.481 e. The number of unbranched alkanes of at least 4 members (excludes halogenated alkanes) is 55. The van der Waals surface area contributed by atoms with E-state index in [9.17, 15) is 5.11 Å². The Morgan fingerprint density at radius 3 is 0.413 bits per heavy atom. The summed E-state index contributed by atoms with van der Waals surface area (Å²) in [5, 5.41) is 14.7. The fourth-order valence-electron chi connectivity index (χ4n) is 29.0. The van der Waals surface area contributed by atoms with Gasteiger partial charge in [-0.1, -0.05) is 607 Å². The standard InChI is InChI=1S/C124H248O2/c1-20-39-57-75-95-116(96-76-58-40-21-2,97-77-59-41-22-3)117(98-78-60-42-23-4,99-79-61-43-24-5)100-93-94-104-119(38-19,115(125)126)121(107-85-67-49-30-11,108-86-68-50-31-12)123(111-89-71-53-34-15,112-90-72-54-35-16)124(113-91-73-55-36-17,114-92-74-56-37-18)122(109-87-69-51-32-13,110-88-70-52-33-14)120(105-83-65-47-28-9,106-84-66-48-29-10)118(101-80-62-44-25-6,102-81-63-45-26-7)103-82-64-46-27-8/h20-114H2,1-19H3,(H,125,126). The second-order valence-corrected chi connectivity index (χ2v) is 44.8. The van der Waals surface area contributed by atoms with E-state index in [0.29, 0.717) is 5.41 Å². The minimum absolute atomic E-state index is 0.0219. The van der Waals surface area contributed by atoms with Gasteiger partial charge in [-0.15, -0.1) is 0 Å². The highest BCUT2D eigenvalue weighted by Gasteiger charge is 2.77. The van der Waals surface area contributed by atoms with E-state index in [0.717, 1.165) is 32.1 Å². The minimum atomic E-state index is -0.861. The van der Waals surface area contributed by atoms with Crippen LogP contribution in [0.4, 0.5) is 0 Å². The highest BCUT2D eigenvalue weighted by atomic mass is 16.4. The molecule has 1 unspecified atom stereocenters. The summed E-state index contributed by atoms with van der Waals surface area (Å²) in [7, 11) is 0. The predicted molar refractivity (Wildman–Crippen MR) is 576 cm³/mol. The molecule has 0 amide bonds. The summed E-state index contributed by atoms with van der Waals surface area (Å²) in [5.41, 5.74) is -0.547. The number of carboxylic acids is 1. The van der Waals surface area contributed by atoms with Crippen molar-refractivity contribution in [2.75, 3.05) is 0 Å². The highest BCUT2D eigenvalue weighted by molar-refractivity contribution is 5.76. The summed E-state index contributed by atoms with van der Waals surface area (Å²) in [6, 6.07) is 0. The van der Waals surface area contributed by atoms with Crippen LogP contribution < -0.4 is 0 Å². The molecule has 0 aliphatic rings. The quantitative estimate of drug-likeness (QED) is 0.0616. The summed E-state index contributed by atoms with van der Waals surface area (Å²) in [6.45, 7) is 47.9. The van der Waals surface area contributed by atoms with Gasteiger partial charge in [0, 0.05) is 0 Å². The molecule has 0 spiro atoms. The zero-order chi connectivity index (χ0) is 93.3. The van der Waals surface area contributed by atoms with Crippen LogP contribution in [0.25, 0.3) is 0 Å². The Kier molecular flexibility index (Phi) is 82.4. The van der Waals surface area contributed by atoms with Crippen molar-refractivity contribution in [3.63, 3.8) is 0 Å². The summed E-state index contributed by atoms with van der Waals surface area (Å²) in [5.74, 6) is -0.296. The number of hydrogen-bond acceptors (Lipinski definition) is 1. The second kappa shape index (κ2) is 82.7. The first-order valence-electron chi connectivity index (χ1n) is 60.8. The van der Waals surface area contributed by atoms with E-state index >= 15 is 4.79 Å². The molecule has 0 radical (unpaired) electrons. The lowest BCUT2D eigenvalue weighted by atomic mass is 9.26. The summed E-state index contributed by atoms with van der Waals surface area (Å²) < 4.78 is 0. The lowest BCUT2D eigenvalue weighted by molar-refractivity contribution is -0.292. The Morgan fingerprint density at radius 2 is 0.254 bits per heavy atom. The van der Waals surface area contributed by atoms with Gasteiger partial charge < -0.3 is 5.11 Å². The first-order chi connectivity index (χ1) is 61.6. The molecule has 756 valence electrons. The third-order valence-electron chi connectivity index (χ3n) is 35.9. The summed E-state index contributed by atoms with van der Waals surface area (Å²) in [4.78, 5) is 17.9. The lowest BCUT2D eigenvalue weighted by Crippen LogP contribution is -2.71. The number of carbonyl (C=O) groups is 1. The van der Waals surface area contributed by atoms with Gasteiger partial charge >= 0.3 is 5.97 Å². The van der Waals surface area contributed by atoms with Gasteiger partial charge in [-0.2, -0.15) is 0 Å². The van der Waals surface area contributed by atoms with Crippen molar-refractivity contribution in [2.24, 2.45) is 48.7 Å². The highest BCUT2D eigenvalue weighted by Crippen LogP contribution is 2.83. The van der Waals surface area contributed by atoms with Crippen molar-refractivity contribution in [3.8, 4) is 0 Å². The molecule has 0 aromatic carbocycles. The Labute approximate surface area is 801 Å². The maximum atomic E-state index is 17.9.